The Morgan fingerprint density at radius 3 is 2.68 bits per heavy atom. The molecule has 3 N–H and O–H groups in total. The second-order valence-electron chi connectivity index (χ2n) is 4.44. The number of rotatable bonds is 2. The molecule has 19 heavy (non-hydrogen) atoms. The first kappa shape index (κ1) is 13.4. The lowest BCUT2D eigenvalue weighted by Gasteiger charge is -2.11. The molecule has 98 valence electrons. The van der Waals surface area contributed by atoms with Gasteiger partial charge >= 0.3 is 0 Å². The first-order chi connectivity index (χ1) is 8.99. The van der Waals surface area contributed by atoms with E-state index in [0.29, 0.717) is 22.0 Å². The molecule has 3 nitrogen and oxygen atoms in total. The molecule has 0 atom stereocenters. The van der Waals surface area contributed by atoms with E-state index >= 15 is 0 Å². The van der Waals surface area contributed by atoms with Gasteiger partial charge in [0.25, 0.3) is 5.91 Å². The first-order valence-electron chi connectivity index (χ1n) is 5.91. The molecule has 1 amide bonds. The fraction of sp³-hybridized carbons (Fsp3) is 0.133. The van der Waals surface area contributed by atoms with Crippen molar-refractivity contribution in [1.29, 1.82) is 0 Å². The number of hydrogen-bond acceptors (Lipinski definition) is 2. The third-order valence-electron chi connectivity index (χ3n) is 3.02. The molecule has 0 saturated heterocycles. The molecule has 2 aromatic carbocycles. The molecule has 0 radical (unpaired) electrons. The van der Waals surface area contributed by atoms with E-state index in [1.807, 2.05) is 19.9 Å². The van der Waals surface area contributed by atoms with Gasteiger partial charge in [-0.25, -0.2) is 0 Å². The van der Waals surface area contributed by atoms with Crippen molar-refractivity contribution in [3.63, 3.8) is 0 Å². The Hall–Kier alpha value is -2.00. The average Bonchev–Trinajstić information content (AvgIpc) is 2.37. The van der Waals surface area contributed by atoms with E-state index < -0.39 is 0 Å². The van der Waals surface area contributed by atoms with Gasteiger partial charge in [0.2, 0.25) is 0 Å². The van der Waals surface area contributed by atoms with Crippen molar-refractivity contribution in [2.45, 2.75) is 13.8 Å². The smallest absolute Gasteiger partial charge is 0.255 e. The molecule has 0 aromatic heterocycles. The van der Waals surface area contributed by atoms with Crippen LogP contribution in [-0.2, 0) is 0 Å². The van der Waals surface area contributed by atoms with Crippen LogP contribution in [0, 0.1) is 13.8 Å². The van der Waals surface area contributed by atoms with Gasteiger partial charge in [-0.05, 0) is 49.2 Å². The van der Waals surface area contributed by atoms with Gasteiger partial charge in [-0.3, -0.25) is 4.79 Å². The van der Waals surface area contributed by atoms with Crippen molar-refractivity contribution in [3.8, 4) is 0 Å². The van der Waals surface area contributed by atoms with Gasteiger partial charge < -0.3 is 11.1 Å². The van der Waals surface area contributed by atoms with E-state index in [-0.39, 0.29) is 5.91 Å². The highest BCUT2D eigenvalue weighted by Crippen LogP contribution is 2.22. The highest BCUT2D eigenvalue weighted by atomic mass is 35.5. The number of nitrogens with two attached hydrogens (primary N) is 1. The molecule has 0 spiro atoms. The van der Waals surface area contributed by atoms with Gasteiger partial charge in [0, 0.05) is 22.0 Å². The first-order valence-corrected chi connectivity index (χ1v) is 6.29. The van der Waals surface area contributed by atoms with Crippen molar-refractivity contribution >= 4 is 28.9 Å². The Morgan fingerprint density at radius 2 is 1.95 bits per heavy atom. The van der Waals surface area contributed by atoms with Crippen LogP contribution in [0.25, 0.3) is 0 Å². The SMILES string of the molecule is Cc1ccc(N)cc1NC(=O)c1cccc(Cl)c1C. The topological polar surface area (TPSA) is 55.1 Å². The summed E-state index contributed by atoms with van der Waals surface area (Å²) < 4.78 is 0. The Balaban J connectivity index is 2.31. The second kappa shape index (κ2) is 5.33. The number of carbonyl (C=O) groups excluding carboxylic acids is 1. The maximum Gasteiger partial charge on any atom is 0.255 e. The monoisotopic (exact) mass is 274 g/mol. The summed E-state index contributed by atoms with van der Waals surface area (Å²) in [7, 11) is 0. The van der Waals surface area contributed by atoms with Crippen LogP contribution in [0.1, 0.15) is 21.5 Å². The maximum absolute atomic E-state index is 12.2. The summed E-state index contributed by atoms with van der Waals surface area (Å²) in [6.07, 6.45) is 0. The minimum absolute atomic E-state index is 0.186. The van der Waals surface area contributed by atoms with Crippen molar-refractivity contribution in [1.82, 2.24) is 0 Å². The van der Waals surface area contributed by atoms with E-state index in [9.17, 15) is 4.79 Å². The van der Waals surface area contributed by atoms with E-state index in [2.05, 4.69) is 5.32 Å². The molecular formula is C15H15ClN2O. The third kappa shape index (κ3) is 2.88. The van der Waals surface area contributed by atoms with E-state index in [0.717, 1.165) is 11.1 Å². The van der Waals surface area contributed by atoms with Gasteiger partial charge in [0.05, 0.1) is 0 Å². The Morgan fingerprint density at radius 1 is 1.21 bits per heavy atom. The summed E-state index contributed by atoms with van der Waals surface area (Å²) in [5.74, 6) is -0.186. The van der Waals surface area contributed by atoms with Crippen molar-refractivity contribution < 1.29 is 4.79 Å². The number of hydrogen-bond donors (Lipinski definition) is 2. The van der Waals surface area contributed by atoms with Gasteiger partial charge in [0.15, 0.2) is 0 Å². The zero-order valence-electron chi connectivity index (χ0n) is 10.8. The summed E-state index contributed by atoms with van der Waals surface area (Å²) in [5.41, 5.74) is 9.34. The molecule has 4 heteroatoms. The van der Waals surface area contributed by atoms with Crippen LogP contribution in [0.5, 0.6) is 0 Å². The fourth-order valence-electron chi connectivity index (χ4n) is 1.82. The molecule has 0 aliphatic rings. The fourth-order valence-corrected chi connectivity index (χ4v) is 1.99. The number of nitrogens with one attached hydrogen (secondary N) is 1. The summed E-state index contributed by atoms with van der Waals surface area (Å²) in [5, 5.41) is 3.44. The van der Waals surface area contributed by atoms with Crippen LogP contribution in [-0.4, -0.2) is 5.91 Å². The molecule has 2 aromatic rings. The third-order valence-corrected chi connectivity index (χ3v) is 3.43. The molecule has 0 aliphatic carbocycles. The predicted octanol–water partition coefficient (Wildman–Crippen LogP) is 3.79. The predicted molar refractivity (Wildman–Crippen MR) is 79.7 cm³/mol. The Bertz CT molecular complexity index is 638. The van der Waals surface area contributed by atoms with Crippen LogP contribution in [0.3, 0.4) is 0 Å². The number of benzene rings is 2. The van der Waals surface area contributed by atoms with Crippen LogP contribution in [0.15, 0.2) is 36.4 Å². The largest absolute Gasteiger partial charge is 0.399 e. The van der Waals surface area contributed by atoms with Crippen molar-refractivity contribution in [2.24, 2.45) is 0 Å². The lowest BCUT2D eigenvalue weighted by molar-refractivity contribution is 0.102. The summed E-state index contributed by atoms with van der Waals surface area (Å²) in [4.78, 5) is 12.2. The summed E-state index contributed by atoms with van der Waals surface area (Å²) >= 11 is 6.02. The molecule has 0 bridgehead atoms. The normalized spacial score (nSPS) is 10.3. The zero-order chi connectivity index (χ0) is 14.0. The lowest BCUT2D eigenvalue weighted by atomic mass is 10.1. The molecule has 2 rings (SSSR count). The van der Waals surface area contributed by atoms with E-state index in [1.165, 1.54) is 0 Å². The highest BCUT2D eigenvalue weighted by Gasteiger charge is 2.12. The molecular weight excluding hydrogens is 260 g/mol. The number of anilines is 2. The van der Waals surface area contributed by atoms with Crippen molar-refractivity contribution in [3.05, 3.63) is 58.1 Å². The van der Waals surface area contributed by atoms with E-state index in [1.54, 1.807) is 30.3 Å². The number of halogens is 1. The van der Waals surface area contributed by atoms with Gasteiger partial charge in [-0.15, -0.1) is 0 Å². The molecule has 0 aliphatic heterocycles. The average molecular weight is 275 g/mol. The zero-order valence-corrected chi connectivity index (χ0v) is 11.6. The minimum Gasteiger partial charge on any atom is -0.399 e. The highest BCUT2D eigenvalue weighted by molar-refractivity contribution is 6.32. The van der Waals surface area contributed by atoms with Crippen LogP contribution < -0.4 is 11.1 Å². The summed E-state index contributed by atoms with van der Waals surface area (Å²) in [6.45, 7) is 3.74. The van der Waals surface area contributed by atoms with Crippen molar-refractivity contribution in [2.75, 3.05) is 11.1 Å². The minimum atomic E-state index is -0.186. The standard InChI is InChI=1S/C15H15ClN2O/c1-9-6-7-11(17)8-14(9)18-15(19)12-4-3-5-13(16)10(12)2/h3-8H,17H2,1-2H3,(H,18,19). The van der Waals surface area contributed by atoms with Crippen LogP contribution in [0.2, 0.25) is 5.02 Å². The number of carbonyl (C=O) groups is 1. The van der Waals surface area contributed by atoms with Gasteiger partial charge in [-0.2, -0.15) is 0 Å². The quantitative estimate of drug-likeness (QED) is 0.819. The Labute approximate surface area is 117 Å². The number of nitrogen functional groups attached to an aromatic ring is 1. The molecule has 0 unspecified atom stereocenters. The molecule has 0 heterocycles. The van der Waals surface area contributed by atoms with Gasteiger partial charge in [0.1, 0.15) is 0 Å². The Kier molecular flexibility index (Phi) is 3.76. The van der Waals surface area contributed by atoms with E-state index in [4.69, 9.17) is 17.3 Å². The second-order valence-corrected chi connectivity index (χ2v) is 4.85. The number of aryl methyl sites for hydroxylation is 1. The lowest BCUT2D eigenvalue weighted by Crippen LogP contribution is -2.14. The molecule has 0 fully saturated rings. The van der Waals surface area contributed by atoms with Crippen LogP contribution in [0.4, 0.5) is 11.4 Å². The molecule has 0 saturated carbocycles. The number of amides is 1. The van der Waals surface area contributed by atoms with Crippen LogP contribution >= 0.6 is 11.6 Å². The maximum atomic E-state index is 12.2. The van der Waals surface area contributed by atoms with Gasteiger partial charge in [-0.1, -0.05) is 23.7 Å². The summed E-state index contributed by atoms with van der Waals surface area (Å²) in [6, 6.07) is 10.7.